The fraction of sp³-hybridized carbons (Fsp3) is 0.647. The van der Waals surface area contributed by atoms with Gasteiger partial charge < -0.3 is 25.0 Å². The van der Waals surface area contributed by atoms with Crippen molar-refractivity contribution in [3.8, 4) is 0 Å². The fourth-order valence-corrected chi connectivity index (χ4v) is 2.77. The molecule has 2 atom stereocenters. The molecule has 0 saturated carbocycles. The zero-order valence-electron chi connectivity index (χ0n) is 14.3. The Morgan fingerprint density at radius 3 is 2.65 bits per heavy atom. The molecular formula is C17H28FN3O2. The van der Waals surface area contributed by atoms with Crippen LogP contribution in [0.2, 0.25) is 0 Å². The first kappa shape index (κ1) is 18.1. The third kappa shape index (κ3) is 5.42. The Bertz CT molecular complexity index is 493. The number of likely N-dealkylation sites (N-methyl/N-ethyl adjacent to an activating group) is 1. The lowest BCUT2D eigenvalue weighted by atomic mass is 10.1. The summed E-state index contributed by atoms with van der Waals surface area (Å²) in [6, 6.07) is 5.36. The minimum Gasteiger partial charge on any atom is -0.390 e. The summed E-state index contributed by atoms with van der Waals surface area (Å²) in [6.07, 6.45) is -0.440. The molecule has 2 N–H and O–H groups in total. The van der Waals surface area contributed by atoms with Crippen LogP contribution in [0.25, 0.3) is 0 Å². The molecule has 1 aliphatic heterocycles. The number of aliphatic hydroxyl groups excluding tert-OH is 1. The van der Waals surface area contributed by atoms with Crippen molar-refractivity contribution in [3.05, 3.63) is 29.6 Å². The third-order valence-electron chi connectivity index (χ3n) is 4.06. The van der Waals surface area contributed by atoms with Gasteiger partial charge in [-0.1, -0.05) is 6.07 Å². The van der Waals surface area contributed by atoms with Crippen LogP contribution in [0.4, 0.5) is 10.1 Å². The van der Waals surface area contributed by atoms with E-state index in [-0.39, 0.29) is 11.9 Å². The van der Waals surface area contributed by atoms with Crippen LogP contribution in [0, 0.1) is 5.82 Å². The van der Waals surface area contributed by atoms with Gasteiger partial charge in [-0.15, -0.1) is 0 Å². The van der Waals surface area contributed by atoms with Crippen LogP contribution in [-0.2, 0) is 4.74 Å². The van der Waals surface area contributed by atoms with Gasteiger partial charge in [-0.05, 0) is 38.7 Å². The molecule has 130 valence electrons. The normalized spacial score (nSPS) is 18.3. The first-order valence-corrected chi connectivity index (χ1v) is 8.15. The van der Waals surface area contributed by atoms with E-state index in [1.165, 1.54) is 0 Å². The predicted octanol–water partition coefficient (Wildman–Crippen LogP) is 1.24. The summed E-state index contributed by atoms with van der Waals surface area (Å²) in [4.78, 5) is 3.95. The lowest BCUT2D eigenvalue weighted by molar-refractivity contribution is 0.122. The van der Waals surface area contributed by atoms with Gasteiger partial charge in [-0.3, -0.25) is 0 Å². The van der Waals surface area contributed by atoms with Crippen molar-refractivity contribution in [2.45, 2.75) is 19.1 Å². The first-order valence-electron chi connectivity index (χ1n) is 8.15. The van der Waals surface area contributed by atoms with E-state index in [1.807, 2.05) is 43.0 Å². The molecule has 1 aromatic rings. The van der Waals surface area contributed by atoms with Crippen molar-refractivity contribution in [3.63, 3.8) is 0 Å². The van der Waals surface area contributed by atoms with Gasteiger partial charge >= 0.3 is 0 Å². The Labute approximate surface area is 138 Å². The summed E-state index contributed by atoms with van der Waals surface area (Å²) >= 11 is 0. The Morgan fingerprint density at radius 1 is 1.35 bits per heavy atom. The van der Waals surface area contributed by atoms with Crippen molar-refractivity contribution in [1.29, 1.82) is 0 Å². The van der Waals surface area contributed by atoms with Crippen molar-refractivity contribution in [1.82, 2.24) is 10.2 Å². The van der Waals surface area contributed by atoms with Gasteiger partial charge in [0.15, 0.2) is 0 Å². The van der Waals surface area contributed by atoms with Crippen LogP contribution in [0.5, 0.6) is 0 Å². The van der Waals surface area contributed by atoms with E-state index in [0.29, 0.717) is 32.0 Å². The van der Waals surface area contributed by atoms with Crippen molar-refractivity contribution < 1.29 is 14.2 Å². The zero-order valence-corrected chi connectivity index (χ0v) is 14.3. The predicted molar refractivity (Wildman–Crippen MR) is 90.4 cm³/mol. The number of nitrogens with one attached hydrogen (secondary N) is 1. The highest BCUT2D eigenvalue weighted by atomic mass is 19.1. The lowest BCUT2D eigenvalue weighted by Crippen LogP contribution is -2.37. The molecule has 2 rings (SSSR count). The molecule has 1 fully saturated rings. The zero-order chi connectivity index (χ0) is 16.8. The summed E-state index contributed by atoms with van der Waals surface area (Å²) in [5.41, 5.74) is 1.52. The fourth-order valence-electron chi connectivity index (χ4n) is 2.77. The lowest BCUT2D eigenvalue weighted by Gasteiger charge is -2.29. The number of hydrogen-bond donors (Lipinski definition) is 2. The van der Waals surface area contributed by atoms with Gasteiger partial charge in [0, 0.05) is 32.2 Å². The number of nitrogens with zero attached hydrogens (tertiary/aromatic N) is 2. The molecule has 0 radical (unpaired) electrons. The van der Waals surface area contributed by atoms with Crippen LogP contribution in [0.3, 0.4) is 0 Å². The summed E-state index contributed by atoms with van der Waals surface area (Å²) < 4.78 is 19.7. The topological polar surface area (TPSA) is 48.0 Å². The summed E-state index contributed by atoms with van der Waals surface area (Å²) in [5.74, 6) is -0.202. The Kier molecular flexibility index (Phi) is 6.77. The minimum absolute atomic E-state index is 0.0138. The molecule has 6 heteroatoms. The van der Waals surface area contributed by atoms with Crippen LogP contribution in [-0.4, -0.2) is 69.6 Å². The quantitative estimate of drug-likeness (QED) is 0.790. The van der Waals surface area contributed by atoms with Crippen LogP contribution < -0.4 is 10.2 Å². The number of hydrogen-bond acceptors (Lipinski definition) is 5. The molecule has 0 aromatic heterocycles. The standard InChI is InChI=1S/C17H28FN3O2/c1-13(19-11-15(22)12-20(2)3)14-4-5-17(16(18)10-14)21-6-8-23-9-7-21/h4-5,10,13,15,19,22H,6-9,11-12H2,1-3H3. The van der Waals surface area contributed by atoms with Crippen molar-refractivity contribution >= 4 is 5.69 Å². The summed E-state index contributed by atoms with van der Waals surface area (Å²) in [6.45, 7) is 5.79. The highest BCUT2D eigenvalue weighted by Gasteiger charge is 2.17. The molecule has 2 unspecified atom stereocenters. The largest absolute Gasteiger partial charge is 0.390 e. The molecule has 0 aliphatic carbocycles. The minimum atomic E-state index is -0.440. The highest BCUT2D eigenvalue weighted by molar-refractivity contribution is 5.49. The van der Waals surface area contributed by atoms with Gasteiger partial charge in [0.2, 0.25) is 0 Å². The highest BCUT2D eigenvalue weighted by Crippen LogP contribution is 2.24. The monoisotopic (exact) mass is 325 g/mol. The maximum Gasteiger partial charge on any atom is 0.146 e. The number of halogens is 1. The number of ether oxygens (including phenoxy) is 1. The maximum absolute atomic E-state index is 14.4. The third-order valence-corrected chi connectivity index (χ3v) is 4.06. The van der Waals surface area contributed by atoms with Gasteiger partial charge in [-0.25, -0.2) is 4.39 Å². The maximum atomic E-state index is 14.4. The first-order chi connectivity index (χ1) is 11.0. The van der Waals surface area contributed by atoms with E-state index < -0.39 is 6.10 Å². The van der Waals surface area contributed by atoms with Crippen LogP contribution in [0.1, 0.15) is 18.5 Å². The number of aliphatic hydroxyl groups is 1. The summed E-state index contributed by atoms with van der Waals surface area (Å²) in [7, 11) is 3.85. The van der Waals surface area contributed by atoms with Crippen LogP contribution in [0.15, 0.2) is 18.2 Å². The molecular weight excluding hydrogens is 297 g/mol. The van der Waals surface area contributed by atoms with Crippen molar-refractivity contribution in [2.24, 2.45) is 0 Å². The summed E-state index contributed by atoms with van der Waals surface area (Å²) in [5, 5.41) is 13.1. The second kappa shape index (κ2) is 8.59. The smallest absolute Gasteiger partial charge is 0.146 e. The molecule has 23 heavy (non-hydrogen) atoms. The molecule has 1 aromatic carbocycles. The Morgan fingerprint density at radius 2 is 2.04 bits per heavy atom. The number of rotatable bonds is 7. The Balaban J connectivity index is 1.93. The van der Waals surface area contributed by atoms with E-state index in [4.69, 9.17) is 4.74 Å². The Hall–Kier alpha value is -1.21. The average molecular weight is 325 g/mol. The van der Waals surface area contributed by atoms with Gasteiger partial charge in [0.25, 0.3) is 0 Å². The number of benzene rings is 1. The van der Waals surface area contributed by atoms with E-state index in [1.54, 1.807) is 6.07 Å². The van der Waals surface area contributed by atoms with E-state index in [9.17, 15) is 9.50 Å². The van der Waals surface area contributed by atoms with Crippen molar-refractivity contribution in [2.75, 3.05) is 58.4 Å². The van der Waals surface area contributed by atoms with Gasteiger partial charge in [0.1, 0.15) is 5.82 Å². The second-order valence-corrected chi connectivity index (χ2v) is 6.36. The van der Waals surface area contributed by atoms with E-state index >= 15 is 0 Å². The SMILES string of the molecule is CC(NCC(O)CN(C)C)c1ccc(N2CCOCC2)c(F)c1. The molecule has 0 spiro atoms. The van der Waals surface area contributed by atoms with Crippen LogP contribution >= 0.6 is 0 Å². The molecule has 1 saturated heterocycles. The van der Waals surface area contributed by atoms with Gasteiger partial charge in [0.05, 0.1) is 25.0 Å². The second-order valence-electron chi connectivity index (χ2n) is 6.36. The molecule has 1 heterocycles. The van der Waals surface area contributed by atoms with Gasteiger partial charge in [-0.2, -0.15) is 0 Å². The van der Waals surface area contributed by atoms with E-state index in [0.717, 1.165) is 18.7 Å². The number of anilines is 1. The number of morpholine rings is 1. The molecule has 0 amide bonds. The average Bonchev–Trinajstić information content (AvgIpc) is 2.52. The van der Waals surface area contributed by atoms with E-state index in [2.05, 4.69) is 5.32 Å². The molecule has 0 bridgehead atoms. The molecule has 5 nitrogen and oxygen atoms in total. The molecule has 1 aliphatic rings.